The summed E-state index contributed by atoms with van der Waals surface area (Å²) >= 11 is 0. The van der Waals surface area contributed by atoms with Crippen molar-refractivity contribution in [1.29, 1.82) is 0 Å². The average molecular weight is 374 g/mol. The van der Waals surface area contributed by atoms with Gasteiger partial charge < -0.3 is 15.5 Å². The highest BCUT2D eigenvalue weighted by molar-refractivity contribution is 5.91. The standard InChI is InChI=1S/C18H23FN6O2/c1-2-20-18(27)25-10-14(19)8-15(25)11-24-12-16(22-23-24)17(26)21-9-13-6-4-3-5-7-13/h3-7,12,14-15H,2,8-11H2,1H3,(H,20,27)(H,21,26). The molecule has 27 heavy (non-hydrogen) atoms. The number of carbonyl (C=O) groups excluding carboxylic acids is 2. The van der Waals surface area contributed by atoms with Crippen LogP contribution in [0, 0.1) is 0 Å². The summed E-state index contributed by atoms with van der Waals surface area (Å²) < 4.78 is 15.3. The molecular weight excluding hydrogens is 351 g/mol. The predicted octanol–water partition coefficient (Wildman–Crippen LogP) is 1.35. The van der Waals surface area contributed by atoms with E-state index in [2.05, 4.69) is 20.9 Å². The van der Waals surface area contributed by atoms with Gasteiger partial charge >= 0.3 is 6.03 Å². The van der Waals surface area contributed by atoms with E-state index >= 15 is 0 Å². The molecule has 2 N–H and O–H groups in total. The molecule has 0 saturated carbocycles. The van der Waals surface area contributed by atoms with Crippen LogP contribution in [-0.2, 0) is 13.1 Å². The molecule has 0 bridgehead atoms. The monoisotopic (exact) mass is 374 g/mol. The summed E-state index contributed by atoms with van der Waals surface area (Å²) in [4.78, 5) is 25.8. The van der Waals surface area contributed by atoms with E-state index < -0.39 is 6.17 Å². The molecule has 1 aliphatic heterocycles. The lowest BCUT2D eigenvalue weighted by atomic mass is 10.2. The Hall–Kier alpha value is -2.97. The number of nitrogens with one attached hydrogen (secondary N) is 2. The predicted molar refractivity (Wildman–Crippen MR) is 96.7 cm³/mol. The van der Waals surface area contributed by atoms with Crippen LogP contribution in [-0.4, -0.2) is 57.1 Å². The second-order valence-corrected chi connectivity index (χ2v) is 6.47. The number of amides is 3. The summed E-state index contributed by atoms with van der Waals surface area (Å²) in [5.74, 6) is -0.333. The molecule has 1 aliphatic rings. The van der Waals surface area contributed by atoms with Gasteiger partial charge in [-0.2, -0.15) is 0 Å². The maximum Gasteiger partial charge on any atom is 0.317 e. The zero-order chi connectivity index (χ0) is 19.2. The highest BCUT2D eigenvalue weighted by Crippen LogP contribution is 2.21. The quantitative estimate of drug-likeness (QED) is 0.798. The number of carbonyl (C=O) groups is 2. The Kier molecular flexibility index (Phi) is 6.00. The minimum Gasteiger partial charge on any atom is -0.347 e. The zero-order valence-corrected chi connectivity index (χ0v) is 15.1. The Bertz CT molecular complexity index is 781. The number of aromatic nitrogens is 3. The Morgan fingerprint density at radius 1 is 1.26 bits per heavy atom. The van der Waals surface area contributed by atoms with Crippen LogP contribution in [0.5, 0.6) is 0 Å². The van der Waals surface area contributed by atoms with Crippen molar-refractivity contribution in [2.45, 2.75) is 38.6 Å². The Balaban J connectivity index is 1.58. The number of halogens is 1. The average Bonchev–Trinajstić information content (AvgIpc) is 3.28. The van der Waals surface area contributed by atoms with Crippen LogP contribution in [0.3, 0.4) is 0 Å². The second kappa shape index (κ2) is 8.61. The summed E-state index contributed by atoms with van der Waals surface area (Å²) in [6.07, 6.45) is 0.698. The number of hydrogen-bond acceptors (Lipinski definition) is 4. The molecule has 9 heteroatoms. The minimum absolute atomic E-state index is 0.0651. The Morgan fingerprint density at radius 2 is 2.04 bits per heavy atom. The zero-order valence-electron chi connectivity index (χ0n) is 15.1. The Morgan fingerprint density at radius 3 is 2.78 bits per heavy atom. The molecule has 0 aliphatic carbocycles. The molecule has 0 radical (unpaired) electrons. The maximum absolute atomic E-state index is 13.8. The summed E-state index contributed by atoms with van der Waals surface area (Å²) in [6.45, 7) is 3.04. The van der Waals surface area contributed by atoms with Crippen molar-refractivity contribution in [3.63, 3.8) is 0 Å². The molecule has 1 fully saturated rings. The van der Waals surface area contributed by atoms with Gasteiger partial charge in [0.05, 0.1) is 25.3 Å². The van der Waals surface area contributed by atoms with Gasteiger partial charge in [-0.1, -0.05) is 35.5 Å². The van der Waals surface area contributed by atoms with E-state index in [0.29, 0.717) is 13.1 Å². The SMILES string of the molecule is CCNC(=O)N1CC(F)CC1Cn1cc(C(=O)NCc2ccccc2)nn1. The summed E-state index contributed by atoms with van der Waals surface area (Å²) in [5, 5.41) is 13.3. The van der Waals surface area contributed by atoms with Crippen LogP contribution < -0.4 is 10.6 Å². The van der Waals surface area contributed by atoms with Crippen molar-refractivity contribution < 1.29 is 14.0 Å². The van der Waals surface area contributed by atoms with Crippen LogP contribution in [0.15, 0.2) is 36.5 Å². The molecule has 2 aromatic rings. The summed E-state index contributed by atoms with van der Waals surface area (Å²) in [5.41, 5.74) is 1.17. The number of alkyl halides is 1. The molecule has 144 valence electrons. The fourth-order valence-corrected chi connectivity index (χ4v) is 3.11. The van der Waals surface area contributed by atoms with E-state index in [1.54, 1.807) is 0 Å². The van der Waals surface area contributed by atoms with Gasteiger partial charge in [-0.15, -0.1) is 5.10 Å². The van der Waals surface area contributed by atoms with Crippen LogP contribution >= 0.6 is 0 Å². The van der Waals surface area contributed by atoms with Crippen LogP contribution in [0.25, 0.3) is 0 Å². The van der Waals surface area contributed by atoms with E-state index in [9.17, 15) is 14.0 Å². The van der Waals surface area contributed by atoms with Gasteiger partial charge in [0.1, 0.15) is 6.17 Å². The van der Waals surface area contributed by atoms with Gasteiger partial charge in [-0.05, 0) is 12.5 Å². The fraction of sp³-hybridized carbons (Fsp3) is 0.444. The highest BCUT2D eigenvalue weighted by atomic mass is 19.1. The van der Waals surface area contributed by atoms with E-state index in [-0.39, 0.29) is 43.2 Å². The highest BCUT2D eigenvalue weighted by Gasteiger charge is 2.35. The first-order valence-corrected chi connectivity index (χ1v) is 8.97. The molecule has 8 nitrogen and oxygen atoms in total. The molecule has 2 atom stereocenters. The molecule has 1 aromatic carbocycles. The maximum atomic E-state index is 13.8. The lowest BCUT2D eigenvalue weighted by Crippen LogP contribution is -2.44. The van der Waals surface area contributed by atoms with Crippen molar-refractivity contribution in [2.24, 2.45) is 0 Å². The normalized spacial score (nSPS) is 19.1. The van der Waals surface area contributed by atoms with Gasteiger partial charge in [-0.3, -0.25) is 4.79 Å². The fourth-order valence-electron chi connectivity index (χ4n) is 3.11. The molecule has 1 aromatic heterocycles. The van der Waals surface area contributed by atoms with Crippen LogP contribution in [0.2, 0.25) is 0 Å². The molecule has 2 unspecified atom stereocenters. The van der Waals surface area contributed by atoms with Gasteiger partial charge in [0, 0.05) is 19.5 Å². The van der Waals surface area contributed by atoms with Gasteiger partial charge in [0.2, 0.25) is 0 Å². The molecule has 3 rings (SSSR count). The first-order chi connectivity index (χ1) is 13.1. The summed E-state index contributed by atoms with van der Waals surface area (Å²) in [7, 11) is 0. The number of rotatable bonds is 6. The number of likely N-dealkylation sites (tertiary alicyclic amines) is 1. The first kappa shape index (κ1) is 18.8. The smallest absolute Gasteiger partial charge is 0.317 e. The third kappa shape index (κ3) is 4.81. The second-order valence-electron chi connectivity index (χ2n) is 6.47. The largest absolute Gasteiger partial charge is 0.347 e. The summed E-state index contributed by atoms with van der Waals surface area (Å²) in [6, 6.07) is 8.93. The van der Waals surface area contributed by atoms with Crippen molar-refractivity contribution in [3.8, 4) is 0 Å². The van der Waals surface area contributed by atoms with Gasteiger partial charge in [-0.25, -0.2) is 13.9 Å². The van der Waals surface area contributed by atoms with Crippen molar-refractivity contribution in [3.05, 3.63) is 47.8 Å². The third-order valence-electron chi connectivity index (χ3n) is 4.42. The van der Waals surface area contributed by atoms with E-state index in [0.717, 1.165) is 5.56 Å². The number of urea groups is 1. The third-order valence-corrected chi connectivity index (χ3v) is 4.42. The van der Waals surface area contributed by atoms with Gasteiger partial charge in [0.25, 0.3) is 5.91 Å². The molecule has 3 amide bonds. The topological polar surface area (TPSA) is 92.2 Å². The van der Waals surface area contributed by atoms with E-state index in [1.807, 2.05) is 37.3 Å². The van der Waals surface area contributed by atoms with E-state index in [4.69, 9.17) is 0 Å². The number of nitrogens with zero attached hydrogens (tertiary/aromatic N) is 4. The van der Waals surface area contributed by atoms with Crippen LogP contribution in [0.1, 0.15) is 29.4 Å². The lowest BCUT2D eigenvalue weighted by Gasteiger charge is -2.24. The van der Waals surface area contributed by atoms with E-state index in [1.165, 1.54) is 15.8 Å². The minimum atomic E-state index is -1.06. The van der Waals surface area contributed by atoms with Crippen LogP contribution in [0.4, 0.5) is 9.18 Å². The number of hydrogen-bond donors (Lipinski definition) is 2. The molecule has 1 saturated heterocycles. The molecule has 2 heterocycles. The van der Waals surface area contributed by atoms with Crippen molar-refractivity contribution in [1.82, 2.24) is 30.5 Å². The van der Waals surface area contributed by atoms with Crippen molar-refractivity contribution >= 4 is 11.9 Å². The molecule has 0 spiro atoms. The lowest BCUT2D eigenvalue weighted by molar-refractivity contribution is 0.0945. The Labute approximate surface area is 156 Å². The number of benzene rings is 1. The van der Waals surface area contributed by atoms with Gasteiger partial charge in [0.15, 0.2) is 5.69 Å². The van der Waals surface area contributed by atoms with Crippen molar-refractivity contribution in [2.75, 3.05) is 13.1 Å². The molecular formula is C18H23FN6O2. The first-order valence-electron chi connectivity index (χ1n) is 8.97.